The van der Waals surface area contributed by atoms with Crippen molar-refractivity contribution in [3.63, 3.8) is 0 Å². The van der Waals surface area contributed by atoms with Crippen LogP contribution in [0.3, 0.4) is 0 Å². The zero-order valence-corrected chi connectivity index (χ0v) is 11.7. The number of carbonyl (C=O) groups excluding carboxylic acids is 1. The fraction of sp³-hybridized carbons (Fsp3) is 0. The zero-order valence-electron chi connectivity index (χ0n) is 10.2. The van der Waals surface area contributed by atoms with E-state index < -0.39 is 11.7 Å². The summed E-state index contributed by atoms with van der Waals surface area (Å²) < 4.78 is 14.3. The highest BCUT2D eigenvalue weighted by atomic mass is 79.9. The summed E-state index contributed by atoms with van der Waals surface area (Å²) in [6, 6.07) is 11.6. The van der Waals surface area contributed by atoms with Gasteiger partial charge in [-0.25, -0.2) is 4.39 Å². The van der Waals surface area contributed by atoms with Gasteiger partial charge in [-0.15, -0.1) is 0 Å². The largest absolute Gasteiger partial charge is 0.318 e. The summed E-state index contributed by atoms with van der Waals surface area (Å²) in [5.74, 6) is -0.958. The first-order valence-corrected chi connectivity index (χ1v) is 6.64. The van der Waals surface area contributed by atoms with E-state index in [1.54, 1.807) is 12.1 Å². The molecule has 1 heterocycles. The molecule has 0 fully saturated rings. The van der Waals surface area contributed by atoms with Crippen LogP contribution in [0.25, 0.3) is 10.9 Å². The number of amides is 1. The van der Waals surface area contributed by atoms with Crippen molar-refractivity contribution in [2.45, 2.75) is 0 Å². The molecule has 100 valence electrons. The Morgan fingerprint density at radius 1 is 1.25 bits per heavy atom. The van der Waals surface area contributed by atoms with Crippen LogP contribution >= 0.6 is 15.9 Å². The van der Waals surface area contributed by atoms with Gasteiger partial charge < -0.3 is 5.32 Å². The lowest BCUT2D eigenvalue weighted by Gasteiger charge is -2.05. The number of halogens is 2. The lowest BCUT2D eigenvalue weighted by molar-refractivity contribution is 0.102. The van der Waals surface area contributed by atoms with Crippen molar-refractivity contribution in [3.8, 4) is 0 Å². The van der Waals surface area contributed by atoms with Gasteiger partial charge in [-0.05, 0) is 24.3 Å². The number of fused-ring (bicyclic) bond motifs is 1. The number of H-pyrrole nitrogens is 1. The van der Waals surface area contributed by atoms with Crippen LogP contribution in [-0.2, 0) is 0 Å². The Labute approximate surface area is 122 Å². The van der Waals surface area contributed by atoms with Crippen LogP contribution in [0.2, 0.25) is 0 Å². The van der Waals surface area contributed by atoms with E-state index in [1.165, 1.54) is 12.1 Å². The second-order valence-electron chi connectivity index (χ2n) is 4.20. The van der Waals surface area contributed by atoms with Gasteiger partial charge in [-0.3, -0.25) is 9.89 Å². The maximum Gasteiger partial charge on any atom is 0.276 e. The summed E-state index contributed by atoms with van der Waals surface area (Å²) in [6.07, 6.45) is 0. The normalized spacial score (nSPS) is 10.7. The quantitative estimate of drug-likeness (QED) is 0.750. The topological polar surface area (TPSA) is 57.8 Å². The van der Waals surface area contributed by atoms with Gasteiger partial charge in [0.25, 0.3) is 5.91 Å². The summed E-state index contributed by atoms with van der Waals surface area (Å²) in [7, 11) is 0. The van der Waals surface area contributed by atoms with Gasteiger partial charge in [0.15, 0.2) is 5.69 Å². The second kappa shape index (κ2) is 5.05. The maximum absolute atomic E-state index is 13.6. The van der Waals surface area contributed by atoms with E-state index in [-0.39, 0.29) is 11.4 Å². The highest BCUT2D eigenvalue weighted by Gasteiger charge is 2.15. The number of nitrogens with one attached hydrogen (secondary N) is 2. The minimum absolute atomic E-state index is 0.108. The fourth-order valence-electron chi connectivity index (χ4n) is 1.91. The first kappa shape index (κ1) is 12.8. The van der Waals surface area contributed by atoms with Crippen LogP contribution in [-0.4, -0.2) is 16.1 Å². The number of aromatic amines is 1. The minimum Gasteiger partial charge on any atom is -0.318 e. The number of para-hydroxylation sites is 1. The highest BCUT2D eigenvalue weighted by Crippen LogP contribution is 2.22. The zero-order chi connectivity index (χ0) is 14.1. The predicted molar refractivity (Wildman–Crippen MR) is 78.1 cm³/mol. The monoisotopic (exact) mass is 333 g/mol. The standard InChI is InChI=1S/C14H9BrFN3O/c15-8-5-6-10(16)12(7-8)17-14(20)13-9-3-1-2-4-11(9)18-19-13/h1-7H,(H,17,20)(H,18,19). The first-order valence-electron chi connectivity index (χ1n) is 5.84. The molecule has 0 aliphatic carbocycles. The van der Waals surface area contributed by atoms with Crippen molar-refractivity contribution in [3.05, 3.63) is 58.4 Å². The average Bonchev–Trinajstić information content (AvgIpc) is 2.87. The molecule has 0 saturated heterocycles. The Morgan fingerprint density at radius 3 is 2.90 bits per heavy atom. The van der Waals surface area contributed by atoms with Crippen molar-refractivity contribution in [2.24, 2.45) is 0 Å². The van der Waals surface area contributed by atoms with Crippen LogP contribution in [0, 0.1) is 5.82 Å². The van der Waals surface area contributed by atoms with Gasteiger partial charge in [0.2, 0.25) is 0 Å². The molecule has 4 nitrogen and oxygen atoms in total. The molecule has 3 aromatic rings. The van der Waals surface area contributed by atoms with E-state index >= 15 is 0 Å². The Balaban J connectivity index is 1.95. The van der Waals surface area contributed by atoms with E-state index in [4.69, 9.17) is 0 Å². The Bertz CT molecular complexity index is 800. The van der Waals surface area contributed by atoms with E-state index in [1.807, 2.05) is 18.2 Å². The molecule has 2 aromatic carbocycles. The Kier molecular flexibility index (Phi) is 3.23. The number of rotatable bonds is 2. The summed E-state index contributed by atoms with van der Waals surface area (Å²) in [5.41, 5.74) is 1.10. The van der Waals surface area contributed by atoms with Crippen LogP contribution < -0.4 is 5.32 Å². The minimum atomic E-state index is -0.499. The smallest absolute Gasteiger partial charge is 0.276 e. The molecule has 20 heavy (non-hydrogen) atoms. The van der Waals surface area contributed by atoms with E-state index in [9.17, 15) is 9.18 Å². The Hall–Kier alpha value is -2.21. The highest BCUT2D eigenvalue weighted by molar-refractivity contribution is 9.10. The van der Waals surface area contributed by atoms with Gasteiger partial charge in [0.1, 0.15) is 5.82 Å². The lowest BCUT2D eigenvalue weighted by Crippen LogP contribution is -2.13. The molecule has 3 rings (SSSR count). The Morgan fingerprint density at radius 2 is 2.05 bits per heavy atom. The molecule has 0 atom stereocenters. The van der Waals surface area contributed by atoms with Crippen LogP contribution in [0.15, 0.2) is 46.9 Å². The third kappa shape index (κ3) is 2.30. The van der Waals surface area contributed by atoms with Gasteiger partial charge in [-0.1, -0.05) is 34.1 Å². The molecule has 2 N–H and O–H groups in total. The van der Waals surface area contributed by atoms with E-state index in [0.717, 1.165) is 5.52 Å². The average molecular weight is 334 g/mol. The molecule has 0 spiro atoms. The van der Waals surface area contributed by atoms with Gasteiger partial charge in [0.05, 0.1) is 11.2 Å². The molecule has 1 aromatic heterocycles. The first-order chi connectivity index (χ1) is 9.65. The van der Waals surface area contributed by atoms with Crippen molar-refractivity contribution in [1.82, 2.24) is 10.2 Å². The summed E-state index contributed by atoms with van der Waals surface area (Å²) in [6.45, 7) is 0. The maximum atomic E-state index is 13.6. The predicted octanol–water partition coefficient (Wildman–Crippen LogP) is 3.72. The van der Waals surface area contributed by atoms with Gasteiger partial charge >= 0.3 is 0 Å². The molecule has 0 unspecified atom stereocenters. The number of aromatic nitrogens is 2. The molecule has 0 bridgehead atoms. The molecule has 1 amide bonds. The summed E-state index contributed by atoms with van der Waals surface area (Å²) in [4.78, 5) is 12.2. The molecule has 0 saturated carbocycles. The summed E-state index contributed by atoms with van der Waals surface area (Å²) in [5, 5.41) is 9.95. The van der Waals surface area contributed by atoms with Crippen LogP contribution in [0.1, 0.15) is 10.5 Å². The molecule has 0 radical (unpaired) electrons. The van der Waals surface area contributed by atoms with Crippen LogP contribution in [0.4, 0.5) is 10.1 Å². The number of anilines is 1. The number of carbonyl (C=O) groups is 1. The van der Waals surface area contributed by atoms with Crippen molar-refractivity contribution < 1.29 is 9.18 Å². The molecule has 0 aliphatic heterocycles. The fourth-order valence-corrected chi connectivity index (χ4v) is 2.27. The molecule has 6 heteroatoms. The SMILES string of the molecule is O=C(Nc1cc(Br)ccc1F)c1n[nH]c2ccccc12. The van der Waals surface area contributed by atoms with E-state index in [0.29, 0.717) is 9.86 Å². The van der Waals surface area contributed by atoms with E-state index in [2.05, 4.69) is 31.4 Å². The number of nitrogens with zero attached hydrogens (tertiary/aromatic N) is 1. The molecule has 0 aliphatic rings. The van der Waals surface area contributed by atoms with Gasteiger partial charge in [0, 0.05) is 9.86 Å². The third-order valence-electron chi connectivity index (χ3n) is 2.86. The lowest BCUT2D eigenvalue weighted by atomic mass is 10.2. The van der Waals surface area contributed by atoms with Gasteiger partial charge in [-0.2, -0.15) is 5.10 Å². The number of hydrogen-bond donors (Lipinski definition) is 2. The summed E-state index contributed by atoms with van der Waals surface area (Å²) >= 11 is 3.23. The number of hydrogen-bond acceptors (Lipinski definition) is 2. The van der Waals surface area contributed by atoms with Crippen molar-refractivity contribution >= 4 is 38.4 Å². The molecular formula is C14H9BrFN3O. The van der Waals surface area contributed by atoms with Crippen LogP contribution in [0.5, 0.6) is 0 Å². The third-order valence-corrected chi connectivity index (χ3v) is 3.36. The second-order valence-corrected chi connectivity index (χ2v) is 5.11. The van der Waals surface area contributed by atoms with Crippen molar-refractivity contribution in [1.29, 1.82) is 0 Å². The number of benzene rings is 2. The molecular weight excluding hydrogens is 325 g/mol. The van der Waals surface area contributed by atoms with Crippen molar-refractivity contribution in [2.75, 3.05) is 5.32 Å².